The van der Waals surface area contributed by atoms with Crippen LogP contribution in [-0.2, 0) is 6.51 Å². The maximum absolute atomic E-state index is 6.00. The van der Waals surface area contributed by atoms with E-state index in [1.807, 2.05) is 121 Å². The molecule has 0 radical (unpaired) electrons. The average Bonchev–Trinajstić information content (AvgIpc) is 4.28. The average molecular weight is 857 g/mol. The van der Waals surface area contributed by atoms with Crippen LogP contribution in [0.3, 0.4) is 0 Å². The normalized spacial score (nSPS) is 46.8. The molecule has 5 aromatic rings. The Balaban J connectivity index is 1.02. The Morgan fingerprint density at radius 2 is 0.459 bits per heavy atom. The monoisotopic (exact) mass is 856 g/mol. The maximum atomic E-state index is 5.72. The molecule has 0 atom stereocenters. The Morgan fingerprint density at radius 1 is 0.295 bits per heavy atom. The Kier molecular flexibility index (Phi) is 3.67. The summed E-state index contributed by atoms with van der Waals surface area (Å²) in [7, 11) is 8.26. The molecular formula is C45H40FeN10O5. The minimum absolute atomic E-state index is 0.341. The standard InChI is InChI=1S/C40H35N10O5.C5H5.Fe/c1-51-31-16-6-26(7-17-31)41-46-36-37(47-42-27-8-18-32(52-2)19-9-27)39(49-44-29-12-22-34(54-4)23-13-29)40(50-45-30-14-24-35(55-5)25-15-30)38(36)48-43-28-10-20-33(53-3)21-11-28;1-2-4-5-3-1;/h6-25H,1-5H3;1-5H;. The molecule has 5 aromatic carbocycles. The van der Waals surface area contributed by atoms with Gasteiger partial charge in [0.15, 0.2) is 0 Å². The third-order valence-electron chi connectivity index (χ3n) is 21.9. The van der Waals surface area contributed by atoms with Gasteiger partial charge >= 0.3 is 342 Å². The molecule has 0 N–H and O–H groups in total. The Bertz CT molecular complexity index is 2830. The first kappa shape index (κ1) is 33.4. The van der Waals surface area contributed by atoms with Crippen LogP contribution in [-0.4, -0.2) is 57.7 Å². The molecular weight excluding hydrogens is 816 g/mol. The molecule has 10 heterocycles. The predicted molar refractivity (Wildman–Crippen MR) is 220 cm³/mol. The molecule has 15 nitrogen and oxygen atoms in total. The van der Waals surface area contributed by atoms with Gasteiger partial charge in [0, 0.05) is 0 Å². The van der Waals surface area contributed by atoms with E-state index in [4.69, 9.17) is 74.8 Å². The zero-order chi connectivity index (χ0) is 41.2. The van der Waals surface area contributed by atoms with Crippen LogP contribution in [0, 0.1) is 0 Å². The summed E-state index contributed by atoms with van der Waals surface area (Å²) in [5.74, 6) is 3.69. The third kappa shape index (κ3) is 1.14. The SMILES string of the molecule is COc1ccc(N=N[C]23[C]4(N=Nc5ccc(OC)cc5)[C]5(N=Nc6ccc(OC)cc6)[C]6(N=Nc7ccc(OC)cc7)[C]2(N=Nc2ccc(OC)cc2)[Fe]34562789[CH]3[CH]2[CH]7[CH]8[CH]39)cc1. The van der Waals surface area contributed by atoms with Gasteiger partial charge in [0.05, 0.1) is 0 Å². The molecule has 308 valence electrons. The fraction of sp³-hybridized carbons (Fsp3) is 0.333. The first-order valence-electron chi connectivity index (χ1n) is 20.2. The van der Waals surface area contributed by atoms with Gasteiger partial charge in [0.25, 0.3) is 0 Å². The second-order valence-electron chi connectivity index (χ2n) is 19.3. The zero-order valence-corrected chi connectivity index (χ0v) is 34.9. The summed E-state index contributed by atoms with van der Waals surface area (Å²) in [5, 5.41) is 54.4. The molecule has 0 bridgehead atoms. The van der Waals surface area contributed by atoms with Crippen LogP contribution >= 0.6 is 0 Å². The van der Waals surface area contributed by atoms with E-state index in [0.29, 0.717) is 52.5 Å². The summed E-state index contributed by atoms with van der Waals surface area (Å²) < 4.78 is 23.5. The minimum atomic E-state index is -6.00. The van der Waals surface area contributed by atoms with Crippen molar-refractivity contribution in [3.8, 4) is 28.7 Å². The third-order valence-corrected chi connectivity index (χ3v) is 64.1. The van der Waals surface area contributed by atoms with Crippen LogP contribution in [0.2, 0.25) is 24.1 Å². The number of rotatable bonds is 15. The van der Waals surface area contributed by atoms with E-state index in [9.17, 15) is 0 Å². The quantitative estimate of drug-likeness (QED) is 0.0752. The van der Waals surface area contributed by atoms with Crippen molar-refractivity contribution >= 4 is 28.4 Å². The van der Waals surface area contributed by atoms with Gasteiger partial charge in [-0.05, 0) is 0 Å². The van der Waals surface area contributed by atoms with E-state index >= 15 is 0 Å². The predicted octanol–water partition coefficient (Wildman–Crippen LogP) is 11.9. The van der Waals surface area contributed by atoms with Gasteiger partial charge in [-0.2, -0.15) is 0 Å². The first-order valence-corrected chi connectivity index (χ1v) is 26.2. The van der Waals surface area contributed by atoms with E-state index < -0.39 is 28.7 Å². The molecule has 0 unspecified atom stereocenters. The summed E-state index contributed by atoms with van der Waals surface area (Å²) in [5.41, 5.74) is 3.56. The summed E-state index contributed by atoms with van der Waals surface area (Å²) >= 11 is 0. The van der Waals surface area contributed by atoms with Crippen LogP contribution in [0.25, 0.3) is 0 Å². The molecule has 0 aliphatic carbocycles. The fourth-order valence-corrected chi connectivity index (χ4v) is 95.7. The molecule has 0 saturated carbocycles. The van der Waals surface area contributed by atoms with Gasteiger partial charge in [0.2, 0.25) is 0 Å². The van der Waals surface area contributed by atoms with Crippen molar-refractivity contribution in [3.63, 3.8) is 0 Å². The first-order chi connectivity index (χ1) is 29.7. The van der Waals surface area contributed by atoms with Crippen molar-refractivity contribution in [2.24, 2.45) is 51.1 Å². The summed E-state index contributed by atoms with van der Waals surface area (Å²) in [6.07, 6.45) is 0. The van der Waals surface area contributed by atoms with E-state index in [2.05, 4.69) is 0 Å². The van der Waals surface area contributed by atoms with E-state index in [0.717, 1.165) is 28.7 Å². The molecule has 0 amide bonds. The zero-order valence-electron chi connectivity index (χ0n) is 33.8. The Morgan fingerprint density at radius 3 is 0.590 bits per heavy atom. The number of methoxy groups -OCH3 is 5. The molecule has 16 heteroatoms. The van der Waals surface area contributed by atoms with Gasteiger partial charge < -0.3 is 0 Å². The second-order valence-corrected chi connectivity index (χ2v) is 41.4. The number of azo groups is 5. The van der Waals surface area contributed by atoms with Crippen molar-refractivity contribution in [2.75, 3.05) is 35.5 Å². The second kappa shape index (κ2) is 6.72. The number of fused-ring (bicyclic) bond motifs is 10. The van der Waals surface area contributed by atoms with Crippen molar-refractivity contribution in [1.82, 2.24) is 0 Å². The Labute approximate surface area is 340 Å². The number of hydrogen-bond donors (Lipinski definition) is 0. The van der Waals surface area contributed by atoms with Crippen molar-refractivity contribution < 1.29 is 30.2 Å². The van der Waals surface area contributed by atoms with Crippen LogP contribution in [0.15, 0.2) is 172 Å². The van der Waals surface area contributed by atoms with Crippen LogP contribution in [0.1, 0.15) is 0 Å². The van der Waals surface area contributed by atoms with Gasteiger partial charge in [-0.1, -0.05) is 0 Å². The van der Waals surface area contributed by atoms with Gasteiger partial charge in [-0.15, -0.1) is 0 Å². The van der Waals surface area contributed by atoms with Crippen LogP contribution in [0.5, 0.6) is 28.7 Å². The van der Waals surface area contributed by atoms with Crippen molar-refractivity contribution in [3.05, 3.63) is 121 Å². The van der Waals surface area contributed by atoms with Crippen molar-refractivity contribution in [2.45, 2.75) is 46.3 Å². The van der Waals surface area contributed by atoms with Gasteiger partial charge in [0.1, 0.15) is 0 Å². The molecule has 10 saturated heterocycles. The van der Waals surface area contributed by atoms with Crippen LogP contribution in [0.4, 0.5) is 28.4 Å². The van der Waals surface area contributed by atoms with E-state index in [1.54, 1.807) is 35.5 Å². The van der Waals surface area contributed by atoms with E-state index in [1.165, 1.54) is 0 Å². The molecule has 10 aliphatic heterocycles. The summed E-state index contributed by atoms with van der Waals surface area (Å²) in [4.78, 5) is 1.70. The number of hydrogen-bond acceptors (Lipinski definition) is 15. The molecule has 0 aromatic heterocycles. The molecule has 1 spiro atoms. The summed E-state index contributed by atoms with van der Waals surface area (Å²) in [6, 6.07) is 38.4. The summed E-state index contributed by atoms with van der Waals surface area (Å²) in [6.45, 7) is -6.00. The molecule has 10 fully saturated rings. The molecule has 10 aliphatic rings. The fourth-order valence-electron chi connectivity index (χ4n) is 22.2. The van der Waals surface area contributed by atoms with Gasteiger partial charge in [-0.25, -0.2) is 0 Å². The number of benzene rings is 5. The van der Waals surface area contributed by atoms with Crippen molar-refractivity contribution in [1.29, 1.82) is 0 Å². The Hall–Kier alpha value is -6.38. The number of nitrogens with zero attached hydrogens (tertiary/aromatic N) is 10. The van der Waals surface area contributed by atoms with E-state index in [-0.39, 0.29) is 0 Å². The molecule has 61 heavy (non-hydrogen) atoms. The molecule has 15 rings (SSSR count). The topological polar surface area (TPSA) is 170 Å². The van der Waals surface area contributed by atoms with Gasteiger partial charge in [-0.3, -0.25) is 0 Å². The van der Waals surface area contributed by atoms with Crippen LogP contribution < -0.4 is 23.7 Å². The number of ether oxygens (including phenoxy) is 5.